The van der Waals surface area contributed by atoms with Gasteiger partial charge in [0.2, 0.25) is 0 Å². The van der Waals surface area contributed by atoms with Crippen LogP contribution in [0.3, 0.4) is 0 Å². The summed E-state index contributed by atoms with van der Waals surface area (Å²) in [5.41, 5.74) is 0. The molecule has 0 heterocycles. The number of aliphatic hydroxyl groups is 1. The van der Waals surface area contributed by atoms with E-state index < -0.39 is 6.10 Å². The monoisotopic (exact) mass is 859 g/mol. The lowest BCUT2D eigenvalue weighted by Crippen LogP contribution is -2.28. The normalized spacial score (nSPS) is 13.1. The Morgan fingerprint density at radius 3 is 0.984 bits per heavy atom. The first-order chi connectivity index (χ1) is 30.6. The summed E-state index contributed by atoms with van der Waals surface area (Å²) in [5.74, 6) is -0.628. The third-order valence-electron chi connectivity index (χ3n) is 10.6. The summed E-state index contributed by atoms with van der Waals surface area (Å²) in [5, 5.41) is 9.60. The molecular weight excluding hydrogens is 765 g/mol. The van der Waals surface area contributed by atoms with E-state index in [1.165, 1.54) is 89.9 Å². The summed E-state index contributed by atoms with van der Waals surface area (Å²) in [6, 6.07) is 0. The zero-order valence-corrected chi connectivity index (χ0v) is 40.1. The van der Waals surface area contributed by atoms with Crippen molar-refractivity contribution in [2.75, 3.05) is 13.2 Å². The summed E-state index contributed by atoms with van der Waals surface area (Å²) in [6.07, 6.45) is 74.8. The molecule has 0 aromatic carbocycles. The maximum atomic E-state index is 12.2. The van der Waals surface area contributed by atoms with Crippen molar-refractivity contribution in [3.05, 3.63) is 109 Å². The number of aliphatic hydroxyl groups excluding tert-OH is 1. The maximum Gasteiger partial charge on any atom is 0.306 e. The third kappa shape index (κ3) is 49.2. The SMILES string of the molecule is CC/C=C\C/C=C\C/C=C\C/C=C\C/C=C\C/C=C\CCCCCCCCCCCCCCCCCCC(=O)OC(CO)COC(=O)CCCCC/C=C\C/C=C\C/C=C\CC. The van der Waals surface area contributed by atoms with Gasteiger partial charge < -0.3 is 14.6 Å². The number of unbranched alkanes of at least 4 members (excludes halogenated alkanes) is 19. The molecule has 0 aliphatic rings. The minimum absolute atomic E-state index is 0.0849. The van der Waals surface area contributed by atoms with Gasteiger partial charge in [0.05, 0.1) is 6.61 Å². The molecule has 0 fully saturated rings. The molecule has 0 aromatic heterocycles. The van der Waals surface area contributed by atoms with Crippen molar-refractivity contribution in [1.29, 1.82) is 0 Å². The van der Waals surface area contributed by atoms with Crippen LogP contribution in [-0.2, 0) is 19.1 Å². The Bertz CT molecular complexity index is 1250. The summed E-state index contributed by atoms with van der Waals surface area (Å²) in [6.45, 7) is 3.88. The molecule has 5 nitrogen and oxygen atoms in total. The van der Waals surface area contributed by atoms with Crippen LogP contribution >= 0.6 is 0 Å². The topological polar surface area (TPSA) is 72.8 Å². The fourth-order valence-electron chi connectivity index (χ4n) is 6.81. The van der Waals surface area contributed by atoms with Crippen LogP contribution in [0.5, 0.6) is 0 Å². The predicted molar refractivity (Wildman–Crippen MR) is 269 cm³/mol. The van der Waals surface area contributed by atoms with Gasteiger partial charge in [0.1, 0.15) is 6.61 Å². The number of allylic oxidation sites excluding steroid dienone is 18. The van der Waals surface area contributed by atoms with Gasteiger partial charge in [0.15, 0.2) is 6.10 Å². The van der Waals surface area contributed by atoms with Crippen LogP contribution in [0.4, 0.5) is 0 Å². The molecule has 0 radical (unpaired) electrons. The largest absolute Gasteiger partial charge is 0.462 e. The van der Waals surface area contributed by atoms with E-state index in [1.54, 1.807) is 0 Å². The summed E-state index contributed by atoms with van der Waals surface area (Å²) >= 11 is 0. The number of carbonyl (C=O) groups excluding carboxylic acids is 2. The minimum atomic E-state index is -0.788. The van der Waals surface area contributed by atoms with E-state index in [2.05, 4.69) is 123 Å². The zero-order chi connectivity index (χ0) is 44.9. The molecule has 1 N–H and O–H groups in total. The molecule has 0 saturated carbocycles. The molecule has 62 heavy (non-hydrogen) atoms. The lowest BCUT2D eigenvalue weighted by molar-refractivity contribution is -0.161. The van der Waals surface area contributed by atoms with Gasteiger partial charge in [-0.15, -0.1) is 0 Å². The van der Waals surface area contributed by atoms with Gasteiger partial charge >= 0.3 is 11.9 Å². The Balaban J connectivity index is 3.51. The average molecular weight is 859 g/mol. The molecule has 0 amide bonds. The van der Waals surface area contributed by atoms with E-state index in [9.17, 15) is 14.7 Å². The zero-order valence-electron chi connectivity index (χ0n) is 40.1. The molecule has 0 bridgehead atoms. The van der Waals surface area contributed by atoms with Crippen LogP contribution < -0.4 is 0 Å². The van der Waals surface area contributed by atoms with Gasteiger partial charge in [-0.1, -0.05) is 220 Å². The highest BCUT2D eigenvalue weighted by Gasteiger charge is 2.16. The first-order valence-corrected chi connectivity index (χ1v) is 25.4. The van der Waals surface area contributed by atoms with E-state index in [4.69, 9.17) is 9.47 Å². The van der Waals surface area contributed by atoms with Crippen molar-refractivity contribution in [1.82, 2.24) is 0 Å². The Kier molecular flexibility index (Phi) is 49.0. The molecule has 352 valence electrons. The fraction of sp³-hybridized carbons (Fsp3) is 0.649. The van der Waals surface area contributed by atoms with Crippen molar-refractivity contribution in [2.24, 2.45) is 0 Å². The van der Waals surface area contributed by atoms with Crippen molar-refractivity contribution < 1.29 is 24.2 Å². The maximum absolute atomic E-state index is 12.2. The van der Waals surface area contributed by atoms with E-state index >= 15 is 0 Å². The standard InChI is InChI=1S/C57H94O5/c1-3-5-7-9-11-13-15-17-18-19-20-21-22-23-24-25-26-27-28-29-30-31-32-33-34-35-36-37-38-40-42-44-46-48-50-52-57(60)62-55(53-58)54-61-56(59)51-49-47-45-43-41-39-16-14-12-10-8-6-4-2/h5-8,11-14,17-18,20-21,23-24,26-27,39,41,55,58H,3-4,9-10,15-16,19,22,25,28-38,40,42-54H2,1-2H3/b7-5-,8-6-,13-11-,14-12-,18-17-,21-20-,24-23-,27-26-,41-39-. The summed E-state index contributed by atoms with van der Waals surface area (Å²) in [4.78, 5) is 24.4. The van der Waals surface area contributed by atoms with Gasteiger partial charge in [-0.2, -0.15) is 0 Å². The van der Waals surface area contributed by atoms with Crippen LogP contribution in [0.25, 0.3) is 0 Å². The molecule has 0 rings (SSSR count). The second-order valence-corrected chi connectivity index (χ2v) is 16.5. The molecule has 1 atom stereocenters. The number of rotatable bonds is 45. The molecule has 5 heteroatoms. The van der Waals surface area contributed by atoms with Gasteiger partial charge in [0.25, 0.3) is 0 Å². The smallest absolute Gasteiger partial charge is 0.306 e. The second kappa shape index (κ2) is 51.9. The van der Waals surface area contributed by atoms with E-state index in [1.807, 2.05) is 0 Å². The van der Waals surface area contributed by atoms with Crippen LogP contribution in [0, 0.1) is 0 Å². The lowest BCUT2D eigenvalue weighted by atomic mass is 10.0. The highest BCUT2D eigenvalue weighted by molar-refractivity contribution is 5.70. The lowest BCUT2D eigenvalue weighted by Gasteiger charge is -2.15. The summed E-state index contributed by atoms with van der Waals surface area (Å²) < 4.78 is 10.6. The van der Waals surface area contributed by atoms with Crippen molar-refractivity contribution >= 4 is 11.9 Å². The minimum Gasteiger partial charge on any atom is -0.462 e. The average Bonchev–Trinajstić information content (AvgIpc) is 3.28. The number of hydrogen-bond donors (Lipinski definition) is 1. The third-order valence-corrected chi connectivity index (χ3v) is 10.6. The van der Waals surface area contributed by atoms with Crippen molar-refractivity contribution in [3.8, 4) is 0 Å². The van der Waals surface area contributed by atoms with E-state index in [0.29, 0.717) is 12.8 Å². The van der Waals surface area contributed by atoms with E-state index in [0.717, 1.165) is 103 Å². The quantitative estimate of drug-likeness (QED) is 0.0375. The Labute approximate surface area is 382 Å². The molecule has 1 unspecified atom stereocenters. The molecule has 0 saturated heterocycles. The Morgan fingerprint density at radius 1 is 0.371 bits per heavy atom. The van der Waals surface area contributed by atoms with E-state index in [-0.39, 0.29) is 25.2 Å². The first kappa shape index (κ1) is 58.6. The van der Waals surface area contributed by atoms with Crippen molar-refractivity contribution in [3.63, 3.8) is 0 Å². The molecule has 0 aliphatic carbocycles. The predicted octanol–water partition coefficient (Wildman–Crippen LogP) is 17.0. The Morgan fingerprint density at radius 2 is 0.645 bits per heavy atom. The van der Waals surface area contributed by atoms with Crippen LogP contribution in [0.15, 0.2) is 109 Å². The molecule has 0 spiro atoms. The number of esters is 2. The second-order valence-electron chi connectivity index (χ2n) is 16.5. The number of ether oxygens (including phenoxy) is 2. The highest BCUT2D eigenvalue weighted by Crippen LogP contribution is 2.15. The molecular formula is C57H94O5. The molecule has 0 aromatic rings. The van der Waals surface area contributed by atoms with Crippen molar-refractivity contribution in [2.45, 2.75) is 225 Å². The van der Waals surface area contributed by atoms with Gasteiger partial charge in [-0.3, -0.25) is 9.59 Å². The summed E-state index contributed by atoms with van der Waals surface area (Å²) in [7, 11) is 0. The van der Waals surface area contributed by atoms with Gasteiger partial charge in [0, 0.05) is 12.8 Å². The van der Waals surface area contributed by atoms with Crippen LogP contribution in [0.1, 0.15) is 219 Å². The molecule has 0 aliphatic heterocycles. The number of hydrogen-bond acceptors (Lipinski definition) is 5. The fourth-order valence-corrected chi connectivity index (χ4v) is 6.81. The highest BCUT2D eigenvalue weighted by atomic mass is 16.6. The Hall–Kier alpha value is -3.44. The number of carbonyl (C=O) groups is 2. The first-order valence-electron chi connectivity index (χ1n) is 25.4. The van der Waals surface area contributed by atoms with Crippen LogP contribution in [-0.4, -0.2) is 36.4 Å². The van der Waals surface area contributed by atoms with Crippen LogP contribution in [0.2, 0.25) is 0 Å². The van der Waals surface area contributed by atoms with Gasteiger partial charge in [-0.05, 0) is 96.3 Å². The van der Waals surface area contributed by atoms with Gasteiger partial charge in [-0.25, -0.2) is 0 Å².